The number of rotatable bonds is 7. The Morgan fingerprint density at radius 1 is 1.33 bits per heavy atom. The van der Waals surface area contributed by atoms with Crippen molar-refractivity contribution in [2.24, 2.45) is 0 Å². The maximum atomic E-state index is 12.0. The third-order valence-corrected chi connectivity index (χ3v) is 3.91. The molecule has 1 fully saturated rings. The maximum absolute atomic E-state index is 12.0. The molecule has 1 aliphatic rings. The number of nitrogens with zero attached hydrogens (tertiary/aromatic N) is 1. The number of hydrogen-bond donors (Lipinski definition) is 2. The van der Waals surface area contributed by atoms with Crippen molar-refractivity contribution in [1.29, 1.82) is 0 Å². The lowest BCUT2D eigenvalue weighted by Crippen LogP contribution is -2.53. The molecule has 0 aromatic heterocycles. The number of methoxy groups -OCH3 is 1. The second-order valence-electron chi connectivity index (χ2n) is 5.88. The van der Waals surface area contributed by atoms with E-state index in [-0.39, 0.29) is 37.4 Å². The molecule has 1 atom stereocenters. The van der Waals surface area contributed by atoms with Crippen molar-refractivity contribution in [2.45, 2.75) is 32.2 Å². The van der Waals surface area contributed by atoms with Crippen molar-refractivity contribution in [1.82, 2.24) is 15.5 Å². The van der Waals surface area contributed by atoms with Crippen molar-refractivity contribution in [3.05, 3.63) is 29.8 Å². The lowest BCUT2D eigenvalue weighted by atomic mass is 10.1. The average molecular weight is 333 g/mol. The smallest absolute Gasteiger partial charge is 0.324 e. The molecule has 7 nitrogen and oxygen atoms in total. The van der Waals surface area contributed by atoms with Gasteiger partial charge in [-0.2, -0.15) is 0 Å². The van der Waals surface area contributed by atoms with E-state index in [1.807, 2.05) is 31.2 Å². The fourth-order valence-electron chi connectivity index (χ4n) is 2.49. The Morgan fingerprint density at radius 2 is 2.04 bits per heavy atom. The lowest BCUT2D eigenvalue weighted by molar-refractivity contribution is -0.125. The lowest BCUT2D eigenvalue weighted by Gasteiger charge is -2.26. The fourth-order valence-corrected chi connectivity index (χ4v) is 2.49. The summed E-state index contributed by atoms with van der Waals surface area (Å²) in [6, 6.07) is 7.32. The summed E-state index contributed by atoms with van der Waals surface area (Å²) in [6.07, 6.45) is 1.86. The molecule has 0 radical (unpaired) electrons. The third kappa shape index (κ3) is 5.26. The Kier molecular flexibility index (Phi) is 6.17. The van der Waals surface area contributed by atoms with Gasteiger partial charge in [-0.05, 0) is 37.5 Å². The van der Waals surface area contributed by atoms with Crippen LogP contribution in [0.2, 0.25) is 0 Å². The summed E-state index contributed by atoms with van der Waals surface area (Å²) in [7, 11) is 1.63. The number of nitrogens with one attached hydrogen (secondary N) is 2. The van der Waals surface area contributed by atoms with E-state index in [9.17, 15) is 14.4 Å². The van der Waals surface area contributed by atoms with E-state index < -0.39 is 6.03 Å². The molecule has 130 valence electrons. The minimum absolute atomic E-state index is 0.00548. The summed E-state index contributed by atoms with van der Waals surface area (Å²) in [6.45, 7) is 2.17. The van der Waals surface area contributed by atoms with Gasteiger partial charge in [-0.25, -0.2) is 4.79 Å². The SMILES string of the molecule is COc1ccc(CCC(C)NC(=O)CN2CCC(=O)NC2=O)cc1. The summed E-state index contributed by atoms with van der Waals surface area (Å²) in [5.41, 5.74) is 1.17. The Balaban J connectivity index is 1.72. The van der Waals surface area contributed by atoms with E-state index in [1.165, 1.54) is 10.5 Å². The molecule has 0 bridgehead atoms. The van der Waals surface area contributed by atoms with Gasteiger partial charge in [0.05, 0.1) is 7.11 Å². The molecule has 1 heterocycles. The second kappa shape index (κ2) is 8.33. The molecule has 4 amide bonds. The topological polar surface area (TPSA) is 87.7 Å². The van der Waals surface area contributed by atoms with Crippen LogP contribution in [0.1, 0.15) is 25.3 Å². The van der Waals surface area contributed by atoms with Gasteiger partial charge in [-0.3, -0.25) is 14.9 Å². The Bertz CT molecular complexity index is 600. The Labute approximate surface area is 141 Å². The number of aryl methyl sites for hydroxylation is 1. The zero-order valence-corrected chi connectivity index (χ0v) is 14.0. The van der Waals surface area contributed by atoms with E-state index in [0.29, 0.717) is 0 Å². The number of carbonyl (C=O) groups excluding carboxylic acids is 3. The number of imide groups is 1. The van der Waals surface area contributed by atoms with Crippen molar-refractivity contribution < 1.29 is 19.1 Å². The first kappa shape index (κ1) is 17.8. The van der Waals surface area contributed by atoms with Gasteiger partial charge >= 0.3 is 6.03 Å². The number of carbonyl (C=O) groups is 3. The number of urea groups is 1. The predicted molar refractivity (Wildman–Crippen MR) is 88.6 cm³/mol. The standard InChI is InChI=1S/C17H23N3O4/c1-12(3-4-13-5-7-14(24-2)8-6-13)18-16(22)11-20-10-9-15(21)19-17(20)23/h5-8,12H,3-4,9-11H2,1-2H3,(H,18,22)(H,19,21,23). The van der Waals surface area contributed by atoms with Crippen molar-refractivity contribution in [3.63, 3.8) is 0 Å². The van der Waals surface area contributed by atoms with Crippen LogP contribution in [-0.4, -0.2) is 49.0 Å². The van der Waals surface area contributed by atoms with E-state index in [2.05, 4.69) is 10.6 Å². The summed E-state index contributed by atoms with van der Waals surface area (Å²) in [5, 5.41) is 5.08. The summed E-state index contributed by atoms with van der Waals surface area (Å²) < 4.78 is 5.12. The monoisotopic (exact) mass is 333 g/mol. The Morgan fingerprint density at radius 3 is 2.67 bits per heavy atom. The fraction of sp³-hybridized carbons (Fsp3) is 0.471. The molecule has 0 saturated carbocycles. The first-order valence-corrected chi connectivity index (χ1v) is 7.99. The van der Waals surface area contributed by atoms with Gasteiger partial charge in [0, 0.05) is 19.0 Å². The van der Waals surface area contributed by atoms with Crippen LogP contribution in [0.5, 0.6) is 5.75 Å². The van der Waals surface area contributed by atoms with Crippen molar-refractivity contribution in [3.8, 4) is 5.75 Å². The summed E-state index contributed by atoms with van der Waals surface area (Å²) in [4.78, 5) is 36.0. The van der Waals surface area contributed by atoms with Crippen molar-refractivity contribution in [2.75, 3.05) is 20.2 Å². The zero-order chi connectivity index (χ0) is 17.5. The molecule has 2 rings (SSSR count). The number of ether oxygens (including phenoxy) is 1. The molecule has 2 N–H and O–H groups in total. The third-order valence-electron chi connectivity index (χ3n) is 3.91. The van der Waals surface area contributed by atoms with Gasteiger partial charge in [0.2, 0.25) is 11.8 Å². The molecular weight excluding hydrogens is 310 g/mol. The van der Waals surface area contributed by atoms with E-state index in [4.69, 9.17) is 4.74 Å². The molecule has 1 aromatic carbocycles. The molecule has 7 heteroatoms. The summed E-state index contributed by atoms with van der Waals surface area (Å²) in [5.74, 6) is 0.296. The highest BCUT2D eigenvalue weighted by Crippen LogP contribution is 2.13. The highest BCUT2D eigenvalue weighted by atomic mass is 16.5. The van der Waals surface area contributed by atoms with Gasteiger partial charge < -0.3 is 15.0 Å². The van der Waals surface area contributed by atoms with Crippen LogP contribution in [0.3, 0.4) is 0 Å². The maximum Gasteiger partial charge on any atom is 0.324 e. The van der Waals surface area contributed by atoms with Crippen LogP contribution in [0, 0.1) is 0 Å². The van der Waals surface area contributed by atoms with Crippen molar-refractivity contribution >= 4 is 17.8 Å². The molecule has 1 saturated heterocycles. The molecule has 0 aliphatic carbocycles. The second-order valence-corrected chi connectivity index (χ2v) is 5.88. The minimum Gasteiger partial charge on any atom is -0.497 e. The molecule has 1 aliphatic heterocycles. The van der Waals surface area contributed by atoms with Crippen LogP contribution < -0.4 is 15.4 Å². The summed E-state index contributed by atoms with van der Waals surface area (Å²) >= 11 is 0. The quantitative estimate of drug-likeness (QED) is 0.781. The highest BCUT2D eigenvalue weighted by molar-refractivity contribution is 5.98. The van der Waals surface area contributed by atoms with Crippen LogP contribution in [-0.2, 0) is 16.0 Å². The molecule has 0 spiro atoms. The van der Waals surface area contributed by atoms with Gasteiger partial charge in [0.25, 0.3) is 0 Å². The van der Waals surface area contributed by atoms with Crippen LogP contribution in [0.25, 0.3) is 0 Å². The molecular formula is C17H23N3O4. The molecule has 24 heavy (non-hydrogen) atoms. The normalized spacial score (nSPS) is 15.7. The zero-order valence-electron chi connectivity index (χ0n) is 14.0. The predicted octanol–water partition coefficient (Wildman–Crippen LogP) is 1.07. The first-order chi connectivity index (χ1) is 11.5. The van der Waals surface area contributed by atoms with E-state index in [0.717, 1.165) is 18.6 Å². The van der Waals surface area contributed by atoms with E-state index in [1.54, 1.807) is 7.11 Å². The molecule has 1 aromatic rings. The number of benzene rings is 1. The van der Waals surface area contributed by atoms with Gasteiger partial charge in [0.1, 0.15) is 12.3 Å². The van der Waals surface area contributed by atoms with Crippen LogP contribution >= 0.6 is 0 Å². The van der Waals surface area contributed by atoms with E-state index >= 15 is 0 Å². The average Bonchev–Trinajstić information content (AvgIpc) is 2.56. The number of hydrogen-bond acceptors (Lipinski definition) is 4. The highest BCUT2D eigenvalue weighted by Gasteiger charge is 2.24. The van der Waals surface area contributed by atoms with Gasteiger partial charge in [0.15, 0.2) is 0 Å². The van der Waals surface area contributed by atoms with Gasteiger partial charge in [-0.15, -0.1) is 0 Å². The minimum atomic E-state index is -0.507. The first-order valence-electron chi connectivity index (χ1n) is 7.99. The number of amides is 4. The Hall–Kier alpha value is -2.57. The molecule has 1 unspecified atom stereocenters. The van der Waals surface area contributed by atoms with Crippen LogP contribution in [0.4, 0.5) is 4.79 Å². The van der Waals surface area contributed by atoms with Gasteiger partial charge in [-0.1, -0.05) is 12.1 Å². The largest absolute Gasteiger partial charge is 0.497 e. The van der Waals surface area contributed by atoms with Crippen LogP contribution in [0.15, 0.2) is 24.3 Å².